The molecule has 2 heterocycles. The number of hydrogen-bond donors (Lipinski definition) is 1. The molecule has 4 rings (SSSR count). The molecule has 1 aromatic heterocycles. The van der Waals surface area contributed by atoms with Gasteiger partial charge in [0.1, 0.15) is 11.6 Å². The van der Waals surface area contributed by atoms with Gasteiger partial charge in [-0.05, 0) is 49.7 Å². The van der Waals surface area contributed by atoms with Gasteiger partial charge in [-0.1, -0.05) is 35.9 Å². The number of hydrogen-bond acceptors (Lipinski definition) is 5. The lowest BCUT2D eigenvalue weighted by Crippen LogP contribution is -2.21. The van der Waals surface area contributed by atoms with Gasteiger partial charge in [-0.15, -0.1) is 0 Å². The molecule has 0 saturated carbocycles. The molecule has 31 heavy (non-hydrogen) atoms. The Morgan fingerprint density at radius 3 is 2.87 bits per heavy atom. The second kappa shape index (κ2) is 9.45. The summed E-state index contributed by atoms with van der Waals surface area (Å²) in [5, 5.41) is 3.64. The number of carbonyl (C=O) groups excluding carboxylic acids is 1. The summed E-state index contributed by atoms with van der Waals surface area (Å²) in [4.78, 5) is 24.3. The van der Waals surface area contributed by atoms with Crippen molar-refractivity contribution in [2.45, 2.75) is 25.8 Å². The van der Waals surface area contributed by atoms with Gasteiger partial charge in [-0.2, -0.15) is 0 Å². The van der Waals surface area contributed by atoms with E-state index in [1.165, 1.54) is 5.56 Å². The maximum absolute atomic E-state index is 12.8. The molecule has 1 amide bonds. The summed E-state index contributed by atoms with van der Waals surface area (Å²) < 4.78 is 5.30. The maximum atomic E-state index is 12.8. The monoisotopic (exact) mass is 436 g/mol. The van der Waals surface area contributed by atoms with Crippen molar-refractivity contribution in [1.29, 1.82) is 0 Å². The first-order chi connectivity index (χ1) is 15.0. The predicted octanol–water partition coefficient (Wildman–Crippen LogP) is 4.69. The number of ether oxygens (including phenoxy) is 1. The standard InChI is InChI=1S/C24H25ClN4O2/c1-16-20(24(30)28-21-8-3-4-9-22(21)31-2)13-26-23(27-16)18-10-11-29(15-18)14-17-6-5-7-19(25)12-17/h3-9,12-13,18H,10-11,14-15H2,1-2H3,(H,28,30)/t18-/m1/s1. The van der Waals surface area contributed by atoms with Crippen LogP contribution in [0.25, 0.3) is 0 Å². The summed E-state index contributed by atoms with van der Waals surface area (Å²) in [6.07, 6.45) is 2.62. The molecule has 6 nitrogen and oxygen atoms in total. The quantitative estimate of drug-likeness (QED) is 0.607. The number of likely N-dealkylation sites (tertiary alicyclic amines) is 1. The normalized spacial score (nSPS) is 16.3. The third kappa shape index (κ3) is 5.03. The Labute approximate surface area is 187 Å². The van der Waals surface area contributed by atoms with Crippen LogP contribution in [0.2, 0.25) is 5.02 Å². The maximum Gasteiger partial charge on any atom is 0.259 e. The molecule has 1 saturated heterocycles. The largest absolute Gasteiger partial charge is 0.495 e. The van der Waals surface area contributed by atoms with E-state index < -0.39 is 0 Å². The van der Waals surface area contributed by atoms with E-state index in [0.29, 0.717) is 22.7 Å². The van der Waals surface area contributed by atoms with Gasteiger partial charge < -0.3 is 10.1 Å². The third-order valence-electron chi connectivity index (χ3n) is 5.53. The van der Waals surface area contributed by atoms with E-state index in [2.05, 4.69) is 26.3 Å². The van der Waals surface area contributed by atoms with E-state index in [4.69, 9.17) is 16.3 Å². The molecule has 2 aromatic carbocycles. The van der Waals surface area contributed by atoms with Gasteiger partial charge in [-0.25, -0.2) is 9.97 Å². The fourth-order valence-corrected chi connectivity index (χ4v) is 4.14. The number of nitrogens with one attached hydrogen (secondary N) is 1. The first kappa shape index (κ1) is 21.3. The highest BCUT2D eigenvalue weighted by Gasteiger charge is 2.27. The number of benzene rings is 2. The van der Waals surface area contributed by atoms with Crippen LogP contribution >= 0.6 is 11.6 Å². The smallest absolute Gasteiger partial charge is 0.259 e. The number of amides is 1. The highest BCUT2D eigenvalue weighted by molar-refractivity contribution is 6.30. The lowest BCUT2D eigenvalue weighted by atomic mass is 10.1. The second-order valence-corrected chi connectivity index (χ2v) is 8.17. The zero-order chi connectivity index (χ0) is 21.8. The second-order valence-electron chi connectivity index (χ2n) is 7.73. The van der Waals surface area contributed by atoms with E-state index >= 15 is 0 Å². The fraction of sp³-hybridized carbons (Fsp3) is 0.292. The lowest BCUT2D eigenvalue weighted by Gasteiger charge is -2.16. The summed E-state index contributed by atoms with van der Waals surface area (Å²) in [6.45, 7) is 4.57. The van der Waals surface area contributed by atoms with Crippen molar-refractivity contribution in [3.63, 3.8) is 0 Å². The van der Waals surface area contributed by atoms with Crippen molar-refractivity contribution < 1.29 is 9.53 Å². The minimum Gasteiger partial charge on any atom is -0.495 e. The highest BCUT2D eigenvalue weighted by Crippen LogP contribution is 2.27. The Balaban J connectivity index is 1.42. The van der Waals surface area contributed by atoms with E-state index in [9.17, 15) is 4.79 Å². The predicted molar refractivity (Wildman–Crippen MR) is 122 cm³/mol. The van der Waals surface area contributed by atoms with E-state index in [-0.39, 0.29) is 11.8 Å². The number of halogens is 1. The Bertz CT molecular complexity index is 1090. The molecule has 3 aromatic rings. The van der Waals surface area contributed by atoms with Crippen LogP contribution in [0.15, 0.2) is 54.7 Å². The van der Waals surface area contributed by atoms with Crippen LogP contribution in [0.4, 0.5) is 5.69 Å². The van der Waals surface area contributed by atoms with Gasteiger partial charge in [0.25, 0.3) is 5.91 Å². The summed E-state index contributed by atoms with van der Waals surface area (Å²) in [6, 6.07) is 15.3. The molecule has 1 aliphatic rings. The molecule has 0 unspecified atom stereocenters. The van der Waals surface area contributed by atoms with Crippen molar-refractivity contribution in [2.24, 2.45) is 0 Å². The molecular weight excluding hydrogens is 412 g/mol. The van der Waals surface area contributed by atoms with Crippen LogP contribution in [0.5, 0.6) is 5.75 Å². The van der Waals surface area contributed by atoms with Gasteiger partial charge in [0.05, 0.1) is 24.1 Å². The van der Waals surface area contributed by atoms with Gasteiger partial charge in [-0.3, -0.25) is 9.69 Å². The molecule has 7 heteroatoms. The average molecular weight is 437 g/mol. The molecule has 0 bridgehead atoms. The van der Waals surface area contributed by atoms with Crippen molar-refractivity contribution in [3.8, 4) is 5.75 Å². The Hall–Kier alpha value is -2.96. The number of nitrogens with zero attached hydrogens (tertiary/aromatic N) is 3. The highest BCUT2D eigenvalue weighted by atomic mass is 35.5. The topological polar surface area (TPSA) is 67.3 Å². The van der Waals surface area contributed by atoms with Crippen LogP contribution in [-0.4, -0.2) is 41.0 Å². The molecule has 0 radical (unpaired) electrons. The van der Waals surface area contributed by atoms with Crippen LogP contribution in [0.1, 0.15) is 39.8 Å². The minimum absolute atomic E-state index is 0.248. The third-order valence-corrected chi connectivity index (χ3v) is 5.77. The zero-order valence-corrected chi connectivity index (χ0v) is 18.4. The molecule has 0 aliphatic carbocycles. The van der Waals surface area contributed by atoms with Gasteiger partial charge >= 0.3 is 0 Å². The Morgan fingerprint density at radius 1 is 1.26 bits per heavy atom. The number of methoxy groups -OCH3 is 1. The van der Waals surface area contributed by atoms with Crippen LogP contribution < -0.4 is 10.1 Å². The van der Waals surface area contributed by atoms with Gasteiger partial charge in [0.2, 0.25) is 0 Å². The molecule has 160 valence electrons. The summed E-state index contributed by atoms with van der Waals surface area (Å²) in [5.74, 6) is 1.41. The average Bonchev–Trinajstić information content (AvgIpc) is 3.22. The van der Waals surface area contributed by atoms with Crippen molar-refractivity contribution in [1.82, 2.24) is 14.9 Å². The fourth-order valence-electron chi connectivity index (χ4n) is 3.92. The SMILES string of the molecule is COc1ccccc1NC(=O)c1cnc([C@@H]2CCN(Cc3cccc(Cl)c3)C2)nc1C. The van der Waals surface area contributed by atoms with Crippen LogP contribution in [-0.2, 0) is 6.54 Å². The molecule has 1 atom stereocenters. The zero-order valence-electron chi connectivity index (χ0n) is 17.6. The van der Waals surface area contributed by atoms with E-state index in [1.54, 1.807) is 25.4 Å². The molecule has 0 spiro atoms. The first-order valence-corrected chi connectivity index (χ1v) is 10.7. The van der Waals surface area contributed by atoms with Crippen LogP contribution in [0.3, 0.4) is 0 Å². The minimum atomic E-state index is -0.248. The number of aromatic nitrogens is 2. The summed E-state index contributed by atoms with van der Waals surface area (Å²) >= 11 is 6.10. The van der Waals surface area contributed by atoms with Crippen LogP contribution in [0, 0.1) is 6.92 Å². The number of aryl methyl sites for hydroxylation is 1. The summed E-state index contributed by atoms with van der Waals surface area (Å²) in [7, 11) is 1.57. The molecule has 1 aliphatic heterocycles. The Morgan fingerprint density at radius 2 is 2.10 bits per heavy atom. The molecule has 1 N–H and O–H groups in total. The van der Waals surface area contributed by atoms with E-state index in [0.717, 1.165) is 36.9 Å². The van der Waals surface area contributed by atoms with E-state index in [1.807, 2.05) is 37.3 Å². The number of para-hydroxylation sites is 2. The van der Waals surface area contributed by atoms with Crippen molar-refractivity contribution >= 4 is 23.2 Å². The van der Waals surface area contributed by atoms with Crippen molar-refractivity contribution in [3.05, 3.63) is 82.4 Å². The van der Waals surface area contributed by atoms with Gasteiger partial charge in [0, 0.05) is 30.2 Å². The molecular formula is C24H25ClN4O2. The summed E-state index contributed by atoms with van der Waals surface area (Å²) in [5.41, 5.74) is 2.95. The number of rotatable bonds is 6. The number of carbonyl (C=O) groups is 1. The first-order valence-electron chi connectivity index (χ1n) is 10.3. The lowest BCUT2D eigenvalue weighted by molar-refractivity contribution is 0.102. The van der Waals surface area contributed by atoms with Gasteiger partial charge in [0.15, 0.2) is 0 Å². The number of anilines is 1. The van der Waals surface area contributed by atoms with Crippen molar-refractivity contribution in [2.75, 3.05) is 25.5 Å². The Kier molecular flexibility index (Phi) is 6.49. The molecule has 1 fully saturated rings.